The summed E-state index contributed by atoms with van der Waals surface area (Å²) in [6.45, 7) is 2.11. The highest BCUT2D eigenvalue weighted by Crippen LogP contribution is 2.58. The highest BCUT2D eigenvalue weighted by atomic mass is 16.3. The number of benzene rings is 4. The summed E-state index contributed by atoms with van der Waals surface area (Å²) in [4.78, 5) is 0. The summed E-state index contributed by atoms with van der Waals surface area (Å²) < 4.78 is 0. The van der Waals surface area contributed by atoms with E-state index >= 15 is 0 Å². The van der Waals surface area contributed by atoms with Crippen molar-refractivity contribution in [3.05, 3.63) is 106 Å². The fourth-order valence-corrected chi connectivity index (χ4v) is 6.51. The van der Waals surface area contributed by atoms with E-state index in [1.807, 2.05) is 24.3 Å². The van der Waals surface area contributed by atoms with E-state index in [1.165, 1.54) is 54.4 Å². The molecule has 0 bridgehead atoms. The van der Waals surface area contributed by atoms with E-state index in [1.54, 1.807) is 12.1 Å². The monoisotopic (exact) mass is 476 g/mol. The van der Waals surface area contributed by atoms with Crippen LogP contribution in [-0.2, 0) is 5.41 Å². The van der Waals surface area contributed by atoms with E-state index in [9.17, 15) is 10.2 Å². The van der Waals surface area contributed by atoms with E-state index in [0.717, 1.165) is 22.3 Å². The molecule has 1 fully saturated rings. The number of hydrogen-bond donors (Lipinski definition) is 4. The van der Waals surface area contributed by atoms with Gasteiger partial charge in [0.05, 0.1) is 16.8 Å². The molecule has 4 aromatic carbocycles. The van der Waals surface area contributed by atoms with Crippen molar-refractivity contribution in [1.82, 2.24) is 0 Å². The molecule has 0 spiro atoms. The number of fused-ring (bicyclic) bond motifs is 3. The number of nitrogens with two attached hydrogens (primary N) is 2. The Balaban J connectivity index is 1.72. The molecule has 0 saturated heterocycles. The summed E-state index contributed by atoms with van der Waals surface area (Å²) in [6.07, 6.45) is 6.30. The third-order valence-electron chi connectivity index (χ3n) is 8.31. The molecule has 4 heteroatoms. The Morgan fingerprint density at radius 3 is 1.81 bits per heavy atom. The number of aromatic hydroxyl groups is 2. The summed E-state index contributed by atoms with van der Waals surface area (Å²) in [5.41, 5.74) is 21.8. The fourth-order valence-electron chi connectivity index (χ4n) is 6.51. The summed E-state index contributed by atoms with van der Waals surface area (Å²) in [6, 6.07) is 24.6. The SMILES string of the molecule is Cc1ccc2c(c1)C(c1ccc(O)c(N)c1)(c1ccc(O)c(N)c1)c1cc(C3CCCCC3)ccc1-2. The van der Waals surface area contributed by atoms with Crippen molar-refractivity contribution in [2.24, 2.45) is 0 Å². The summed E-state index contributed by atoms with van der Waals surface area (Å²) in [5, 5.41) is 20.6. The van der Waals surface area contributed by atoms with E-state index < -0.39 is 5.41 Å². The second kappa shape index (κ2) is 8.34. The lowest BCUT2D eigenvalue weighted by molar-refractivity contribution is 0.443. The Labute approximate surface area is 212 Å². The molecule has 36 heavy (non-hydrogen) atoms. The first-order chi connectivity index (χ1) is 17.4. The molecule has 4 nitrogen and oxygen atoms in total. The lowest BCUT2D eigenvalue weighted by atomic mass is 9.66. The topological polar surface area (TPSA) is 92.5 Å². The minimum absolute atomic E-state index is 0.0674. The Kier molecular flexibility index (Phi) is 5.22. The molecular weight excluding hydrogens is 444 g/mol. The van der Waals surface area contributed by atoms with Crippen LogP contribution >= 0.6 is 0 Å². The molecule has 4 aromatic rings. The number of nitrogen functional groups attached to an aromatic ring is 2. The van der Waals surface area contributed by atoms with Gasteiger partial charge in [0.15, 0.2) is 0 Å². The largest absolute Gasteiger partial charge is 0.506 e. The second-order valence-electron chi connectivity index (χ2n) is 10.5. The number of rotatable bonds is 3. The van der Waals surface area contributed by atoms with Crippen LogP contribution in [0.1, 0.15) is 71.4 Å². The zero-order chi connectivity index (χ0) is 25.0. The molecule has 2 aliphatic carbocycles. The molecule has 0 radical (unpaired) electrons. The van der Waals surface area contributed by atoms with Crippen molar-refractivity contribution in [3.8, 4) is 22.6 Å². The van der Waals surface area contributed by atoms with Crippen molar-refractivity contribution in [2.75, 3.05) is 11.5 Å². The zero-order valence-corrected chi connectivity index (χ0v) is 20.6. The van der Waals surface area contributed by atoms with E-state index in [0.29, 0.717) is 17.3 Å². The quantitative estimate of drug-likeness (QED) is 0.167. The van der Waals surface area contributed by atoms with Crippen molar-refractivity contribution in [1.29, 1.82) is 0 Å². The summed E-state index contributed by atoms with van der Waals surface area (Å²) >= 11 is 0. The molecule has 0 heterocycles. The lowest BCUT2D eigenvalue weighted by Crippen LogP contribution is -2.29. The van der Waals surface area contributed by atoms with Crippen LogP contribution in [0.25, 0.3) is 11.1 Å². The first-order valence-electron chi connectivity index (χ1n) is 12.8. The third kappa shape index (κ3) is 3.28. The predicted octanol–water partition coefficient (Wildman–Crippen LogP) is 6.98. The van der Waals surface area contributed by atoms with Crippen LogP contribution in [0, 0.1) is 6.92 Å². The Morgan fingerprint density at radius 1 is 0.667 bits per heavy atom. The van der Waals surface area contributed by atoms with Crippen LogP contribution in [0.3, 0.4) is 0 Å². The van der Waals surface area contributed by atoms with E-state index in [4.69, 9.17) is 11.5 Å². The third-order valence-corrected chi connectivity index (χ3v) is 8.31. The normalized spacial score (nSPS) is 16.5. The van der Waals surface area contributed by atoms with Gasteiger partial charge in [-0.1, -0.05) is 73.4 Å². The number of aryl methyl sites for hydroxylation is 1. The van der Waals surface area contributed by atoms with Crippen LogP contribution < -0.4 is 11.5 Å². The van der Waals surface area contributed by atoms with Gasteiger partial charge in [-0.2, -0.15) is 0 Å². The van der Waals surface area contributed by atoms with Gasteiger partial charge in [0.25, 0.3) is 0 Å². The van der Waals surface area contributed by atoms with Crippen LogP contribution in [0.5, 0.6) is 11.5 Å². The molecule has 1 saturated carbocycles. The van der Waals surface area contributed by atoms with E-state index in [-0.39, 0.29) is 11.5 Å². The van der Waals surface area contributed by atoms with Crippen molar-refractivity contribution in [2.45, 2.75) is 50.4 Å². The van der Waals surface area contributed by atoms with Gasteiger partial charge in [0.2, 0.25) is 0 Å². The molecule has 0 aromatic heterocycles. The molecule has 0 unspecified atom stereocenters. The van der Waals surface area contributed by atoms with Gasteiger partial charge >= 0.3 is 0 Å². The van der Waals surface area contributed by atoms with Gasteiger partial charge in [-0.25, -0.2) is 0 Å². The average molecular weight is 477 g/mol. The number of phenols is 2. The number of hydrogen-bond acceptors (Lipinski definition) is 4. The summed E-state index contributed by atoms with van der Waals surface area (Å²) in [7, 11) is 0. The van der Waals surface area contributed by atoms with Gasteiger partial charge in [-0.3, -0.25) is 0 Å². The maximum atomic E-state index is 10.3. The first-order valence-corrected chi connectivity index (χ1v) is 12.8. The van der Waals surface area contributed by atoms with Gasteiger partial charge in [-0.05, 0) is 88.9 Å². The molecule has 0 amide bonds. The summed E-state index contributed by atoms with van der Waals surface area (Å²) in [5.74, 6) is 0.692. The minimum Gasteiger partial charge on any atom is -0.506 e. The van der Waals surface area contributed by atoms with Crippen molar-refractivity contribution >= 4 is 11.4 Å². The Hall–Kier alpha value is -3.92. The second-order valence-corrected chi connectivity index (χ2v) is 10.5. The molecule has 182 valence electrons. The van der Waals surface area contributed by atoms with Crippen LogP contribution in [0.15, 0.2) is 72.8 Å². The number of anilines is 2. The number of phenolic OH excluding ortho intramolecular Hbond substituents is 2. The Morgan fingerprint density at radius 2 is 1.22 bits per heavy atom. The smallest absolute Gasteiger partial charge is 0.138 e. The maximum absolute atomic E-state index is 10.3. The highest BCUT2D eigenvalue weighted by Gasteiger charge is 2.47. The van der Waals surface area contributed by atoms with Gasteiger partial charge in [0.1, 0.15) is 11.5 Å². The van der Waals surface area contributed by atoms with Gasteiger partial charge in [0, 0.05) is 0 Å². The molecular formula is C32H32N2O2. The van der Waals surface area contributed by atoms with Gasteiger partial charge in [-0.15, -0.1) is 0 Å². The molecule has 0 atom stereocenters. The van der Waals surface area contributed by atoms with Crippen molar-refractivity contribution < 1.29 is 10.2 Å². The minimum atomic E-state index is -0.689. The Bertz CT molecular complexity index is 1430. The standard InChI is InChI=1S/C32H32N2O2/c1-19-7-11-24-25-12-8-21(20-5-3-2-4-6-20)16-27(25)32(26(24)15-19,22-9-13-30(35)28(33)17-22)23-10-14-31(36)29(34)18-23/h7-18,20,35-36H,2-6,33-34H2,1H3. The van der Waals surface area contributed by atoms with E-state index in [2.05, 4.69) is 43.3 Å². The van der Waals surface area contributed by atoms with Crippen LogP contribution in [0.4, 0.5) is 11.4 Å². The zero-order valence-electron chi connectivity index (χ0n) is 20.6. The highest BCUT2D eigenvalue weighted by molar-refractivity contribution is 5.87. The molecule has 6 rings (SSSR count). The molecule has 0 aliphatic heterocycles. The van der Waals surface area contributed by atoms with Crippen LogP contribution in [-0.4, -0.2) is 10.2 Å². The van der Waals surface area contributed by atoms with Crippen LogP contribution in [0.2, 0.25) is 0 Å². The average Bonchev–Trinajstić information content (AvgIpc) is 3.17. The fraction of sp³-hybridized carbons (Fsp3) is 0.250. The maximum Gasteiger partial charge on any atom is 0.138 e. The van der Waals surface area contributed by atoms with Gasteiger partial charge < -0.3 is 21.7 Å². The molecule has 2 aliphatic rings. The van der Waals surface area contributed by atoms with Crippen molar-refractivity contribution in [3.63, 3.8) is 0 Å². The molecule has 6 N–H and O–H groups in total. The lowest BCUT2D eigenvalue weighted by Gasteiger charge is -2.35. The predicted molar refractivity (Wildman–Crippen MR) is 146 cm³/mol. The first kappa shape index (κ1) is 22.5.